The molecule has 0 aliphatic heterocycles. The summed E-state index contributed by atoms with van der Waals surface area (Å²) >= 11 is 11.7. The molecule has 3 aromatic rings. The maximum atomic E-state index is 12.4. The lowest BCUT2D eigenvalue weighted by Gasteiger charge is -2.08. The number of aromatic nitrogens is 4. The zero-order valence-corrected chi connectivity index (χ0v) is 19.2. The molecule has 1 amide bonds. The van der Waals surface area contributed by atoms with Crippen molar-refractivity contribution in [1.82, 2.24) is 24.6 Å². The van der Waals surface area contributed by atoms with Crippen molar-refractivity contribution in [3.05, 3.63) is 58.0 Å². The van der Waals surface area contributed by atoms with E-state index in [1.165, 1.54) is 0 Å². The smallest absolute Gasteiger partial charge is 0.222 e. The van der Waals surface area contributed by atoms with E-state index in [9.17, 15) is 4.79 Å². The number of pyridine rings is 1. The van der Waals surface area contributed by atoms with Crippen molar-refractivity contribution in [3.8, 4) is 17.3 Å². The quantitative estimate of drug-likeness (QED) is 0.447. The number of nitrogens with one attached hydrogen (secondary N) is 1. The third-order valence-electron chi connectivity index (χ3n) is 4.83. The molecule has 164 valence electrons. The van der Waals surface area contributed by atoms with E-state index >= 15 is 0 Å². The number of halogens is 1. The summed E-state index contributed by atoms with van der Waals surface area (Å²) in [6.45, 7) is 3.66. The zero-order valence-electron chi connectivity index (χ0n) is 17.7. The van der Waals surface area contributed by atoms with Crippen LogP contribution in [0.2, 0.25) is 5.02 Å². The average Bonchev–Trinajstić information content (AvgIpc) is 3.10. The first-order valence-corrected chi connectivity index (χ1v) is 11.0. The molecule has 0 saturated carbocycles. The van der Waals surface area contributed by atoms with Gasteiger partial charge in [0.1, 0.15) is 0 Å². The Morgan fingerprint density at radius 2 is 2.00 bits per heavy atom. The van der Waals surface area contributed by atoms with Gasteiger partial charge in [-0.25, -0.2) is 9.67 Å². The summed E-state index contributed by atoms with van der Waals surface area (Å²) in [4.78, 5) is 16.5. The number of methoxy groups -OCH3 is 1. The van der Waals surface area contributed by atoms with Gasteiger partial charge in [-0.3, -0.25) is 9.36 Å². The number of hydrogen-bond donors (Lipinski definition) is 1. The van der Waals surface area contributed by atoms with Crippen LogP contribution in [0.25, 0.3) is 11.4 Å². The van der Waals surface area contributed by atoms with Crippen LogP contribution in [-0.4, -0.2) is 32.3 Å². The van der Waals surface area contributed by atoms with E-state index in [1.807, 2.05) is 41.0 Å². The molecular weight excluding hydrogens is 434 g/mol. The van der Waals surface area contributed by atoms with E-state index in [4.69, 9.17) is 33.7 Å². The Bertz CT molecular complexity index is 1080. The van der Waals surface area contributed by atoms with Crippen molar-refractivity contribution in [2.45, 2.75) is 45.8 Å². The lowest BCUT2D eigenvalue weighted by molar-refractivity contribution is -0.121. The predicted molar refractivity (Wildman–Crippen MR) is 124 cm³/mol. The summed E-state index contributed by atoms with van der Waals surface area (Å²) in [6.07, 6.45) is 3.96. The number of hydrogen-bond acceptors (Lipinski definition) is 5. The Balaban J connectivity index is 1.70. The van der Waals surface area contributed by atoms with Gasteiger partial charge >= 0.3 is 0 Å². The van der Waals surface area contributed by atoms with Gasteiger partial charge in [-0.2, -0.15) is 5.10 Å². The largest absolute Gasteiger partial charge is 0.481 e. The summed E-state index contributed by atoms with van der Waals surface area (Å²) in [5.41, 5.74) is 1.77. The molecule has 9 heteroatoms. The normalized spacial score (nSPS) is 10.8. The summed E-state index contributed by atoms with van der Waals surface area (Å²) in [6, 6.07) is 11.2. The van der Waals surface area contributed by atoms with Crippen LogP contribution in [0.3, 0.4) is 0 Å². The SMILES string of the molecule is CCCCn1c(-c2ccc(Cl)cc2)nn(CCC(=O)NCc2cccnc2OC)c1=S. The van der Waals surface area contributed by atoms with Crippen molar-refractivity contribution in [3.63, 3.8) is 0 Å². The first-order valence-electron chi connectivity index (χ1n) is 10.2. The molecule has 31 heavy (non-hydrogen) atoms. The van der Waals surface area contributed by atoms with Gasteiger partial charge in [0.25, 0.3) is 0 Å². The second-order valence-electron chi connectivity index (χ2n) is 7.04. The van der Waals surface area contributed by atoms with Crippen LogP contribution < -0.4 is 10.1 Å². The van der Waals surface area contributed by atoms with Crippen molar-refractivity contribution < 1.29 is 9.53 Å². The molecular formula is C22H26ClN5O2S. The molecule has 0 unspecified atom stereocenters. The Hall–Kier alpha value is -2.71. The van der Waals surface area contributed by atoms with Gasteiger partial charge in [0, 0.05) is 41.9 Å². The van der Waals surface area contributed by atoms with Gasteiger partial charge in [-0.15, -0.1) is 0 Å². The highest BCUT2D eigenvalue weighted by Crippen LogP contribution is 2.21. The molecule has 0 atom stereocenters. The highest BCUT2D eigenvalue weighted by Gasteiger charge is 2.14. The fourth-order valence-corrected chi connectivity index (χ4v) is 3.58. The third-order valence-corrected chi connectivity index (χ3v) is 5.51. The lowest BCUT2D eigenvalue weighted by atomic mass is 10.2. The number of carbonyl (C=O) groups is 1. The van der Waals surface area contributed by atoms with Crippen molar-refractivity contribution in [2.24, 2.45) is 0 Å². The highest BCUT2D eigenvalue weighted by atomic mass is 35.5. The monoisotopic (exact) mass is 459 g/mol. The third kappa shape index (κ3) is 5.92. The first-order chi connectivity index (χ1) is 15.0. The second kappa shape index (κ2) is 11.1. The van der Waals surface area contributed by atoms with Gasteiger partial charge in [-0.05, 0) is 49.0 Å². The fourth-order valence-electron chi connectivity index (χ4n) is 3.15. The van der Waals surface area contributed by atoms with Gasteiger partial charge in [0.05, 0.1) is 13.7 Å². The minimum atomic E-state index is -0.0936. The molecule has 2 heterocycles. The lowest BCUT2D eigenvalue weighted by Crippen LogP contribution is -2.24. The van der Waals surface area contributed by atoms with E-state index in [1.54, 1.807) is 18.0 Å². The number of rotatable bonds is 10. The van der Waals surface area contributed by atoms with E-state index < -0.39 is 0 Å². The van der Waals surface area contributed by atoms with Gasteiger partial charge < -0.3 is 10.1 Å². The van der Waals surface area contributed by atoms with Gasteiger partial charge in [-0.1, -0.05) is 31.0 Å². The molecule has 0 radical (unpaired) electrons. The predicted octanol–water partition coefficient (Wildman–Crippen LogP) is 4.64. The highest BCUT2D eigenvalue weighted by molar-refractivity contribution is 7.71. The Labute approximate surface area is 192 Å². The van der Waals surface area contributed by atoms with Crippen LogP contribution >= 0.6 is 23.8 Å². The minimum absolute atomic E-state index is 0.0936. The molecule has 0 aliphatic carbocycles. The fraction of sp³-hybridized carbons (Fsp3) is 0.364. The maximum absolute atomic E-state index is 12.4. The molecule has 0 bridgehead atoms. The summed E-state index contributed by atoms with van der Waals surface area (Å²) in [5.74, 6) is 1.20. The number of unbranched alkanes of at least 4 members (excludes halogenated alkanes) is 1. The van der Waals surface area contributed by atoms with E-state index in [0.717, 1.165) is 36.3 Å². The molecule has 0 saturated heterocycles. The summed E-state index contributed by atoms with van der Waals surface area (Å²) in [7, 11) is 1.56. The molecule has 7 nitrogen and oxygen atoms in total. The molecule has 0 aliphatic rings. The van der Waals surface area contributed by atoms with Crippen molar-refractivity contribution >= 4 is 29.7 Å². The summed E-state index contributed by atoms with van der Waals surface area (Å²) in [5, 5.41) is 8.27. The number of carbonyl (C=O) groups excluding carboxylic acids is 1. The van der Waals surface area contributed by atoms with Gasteiger partial charge in [0.2, 0.25) is 11.8 Å². The van der Waals surface area contributed by atoms with E-state index in [0.29, 0.717) is 28.8 Å². The molecule has 3 rings (SSSR count). The molecule has 1 N–H and O–H groups in total. The van der Waals surface area contributed by atoms with Crippen LogP contribution in [0.4, 0.5) is 0 Å². The standard InChI is InChI=1S/C22H26ClN5O2S/c1-3-4-13-27-20(16-7-9-18(23)10-8-16)26-28(22(27)31)14-11-19(29)25-15-17-6-5-12-24-21(17)30-2/h5-10,12H,3-4,11,13-15H2,1-2H3,(H,25,29). The van der Waals surface area contributed by atoms with Crippen LogP contribution in [0.5, 0.6) is 5.88 Å². The van der Waals surface area contributed by atoms with Crippen LogP contribution in [0.15, 0.2) is 42.6 Å². The summed E-state index contributed by atoms with van der Waals surface area (Å²) < 4.78 is 9.58. The zero-order chi connectivity index (χ0) is 22.2. The Kier molecular flexibility index (Phi) is 8.20. The number of amides is 1. The van der Waals surface area contributed by atoms with Crippen molar-refractivity contribution in [1.29, 1.82) is 0 Å². The number of aryl methyl sites for hydroxylation is 1. The number of ether oxygens (including phenoxy) is 1. The minimum Gasteiger partial charge on any atom is -0.481 e. The molecule has 1 aromatic carbocycles. The first kappa shape index (κ1) is 23.0. The van der Waals surface area contributed by atoms with Crippen LogP contribution in [0.1, 0.15) is 31.7 Å². The Morgan fingerprint density at radius 1 is 1.23 bits per heavy atom. The maximum Gasteiger partial charge on any atom is 0.222 e. The average molecular weight is 460 g/mol. The molecule has 2 aromatic heterocycles. The second-order valence-corrected chi connectivity index (χ2v) is 7.84. The number of benzene rings is 1. The van der Waals surface area contributed by atoms with Gasteiger partial charge in [0.15, 0.2) is 10.6 Å². The van der Waals surface area contributed by atoms with E-state index in [-0.39, 0.29) is 12.3 Å². The van der Waals surface area contributed by atoms with Crippen molar-refractivity contribution in [2.75, 3.05) is 7.11 Å². The topological polar surface area (TPSA) is 74.0 Å². The molecule has 0 fully saturated rings. The Morgan fingerprint density at radius 3 is 2.71 bits per heavy atom. The van der Waals surface area contributed by atoms with Crippen LogP contribution in [0, 0.1) is 4.77 Å². The number of nitrogens with zero attached hydrogens (tertiary/aromatic N) is 4. The van der Waals surface area contributed by atoms with Crippen LogP contribution in [-0.2, 0) is 24.4 Å². The van der Waals surface area contributed by atoms with E-state index in [2.05, 4.69) is 17.2 Å². The molecule has 0 spiro atoms.